The van der Waals surface area contributed by atoms with E-state index in [1.807, 2.05) is 48.5 Å². The number of hydrogen-bond donors (Lipinski definition) is 2. The van der Waals surface area contributed by atoms with Crippen LogP contribution in [0.1, 0.15) is 40.7 Å². The average Bonchev–Trinajstić information content (AvgIpc) is 3.75. The fourth-order valence-electron chi connectivity index (χ4n) is 3.95. The summed E-state index contributed by atoms with van der Waals surface area (Å²) in [6, 6.07) is 19.6. The molecule has 1 heterocycles. The molecule has 0 spiro atoms. The van der Waals surface area contributed by atoms with Crippen LogP contribution in [-0.2, 0) is 18.0 Å². The van der Waals surface area contributed by atoms with Gasteiger partial charge in [-0.3, -0.25) is 4.79 Å². The summed E-state index contributed by atoms with van der Waals surface area (Å²) < 4.78 is 11.7. The van der Waals surface area contributed by atoms with Gasteiger partial charge in [0.25, 0.3) is 0 Å². The molecule has 198 valence electrons. The summed E-state index contributed by atoms with van der Waals surface area (Å²) in [6.45, 7) is 0.536. The van der Waals surface area contributed by atoms with E-state index in [2.05, 4.69) is 15.3 Å². The van der Waals surface area contributed by atoms with Gasteiger partial charge in [-0.2, -0.15) is 0 Å². The molecule has 0 aliphatic heterocycles. The summed E-state index contributed by atoms with van der Waals surface area (Å²) in [5, 5.41) is 13.0. The Bertz CT molecular complexity index is 1490. The molecule has 1 aliphatic rings. The number of aromatic carboxylic acids is 1. The van der Waals surface area contributed by atoms with Gasteiger partial charge in [0.2, 0.25) is 5.91 Å². The minimum atomic E-state index is -1.14. The Labute approximate surface area is 230 Å². The van der Waals surface area contributed by atoms with Crippen molar-refractivity contribution in [3.8, 4) is 22.9 Å². The first-order valence-electron chi connectivity index (χ1n) is 12.5. The molecule has 1 aliphatic carbocycles. The molecule has 0 radical (unpaired) electrons. The van der Waals surface area contributed by atoms with Gasteiger partial charge in [-0.15, -0.1) is 0 Å². The van der Waals surface area contributed by atoms with Gasteiger partial charge in [0.15, 0.2) is 5.82 Å². The number of carbonyl (C=O) groups is 2. The van der Waals surface area contributed by atoms with Crippen LogP contribution in [0, 0.1) is 5.92 Å². The SMILES string of the molecule is O=C(CC1CC1)Nc1ccc(OCc2cnc(-c3cccc(OCc4cccc(Cl)c4)c3)nc2)cc1C(=O)O. The Hall–Kier alpha value is -4.43. The molecule has 1 saturated carbocycles. The van der Waals surface area contributed by atoms with Crippen molar-refractivity contribution in [1.29, 1.82) is 0 Å². The summed E-state index contributed by atoms with van der Waals surface area (Å²) in [5.74, 6) is 0.668. The number of anilines is 1. The lowest BCUT2D eigenvalue weighted by atomic mass is 10.1. The largest absolute Gasteiger partial charge is 0.489 e. The molecule has 1 aromatic heterocycles. The number of ether oxygens (including phenoxy) is 2. The Balaban J connectivity index is 1.19. The van der Waals surface area contributed by atoms with Gasteiger partial charge in [-0.05, 0) is 66.8 Å². The summed E-state index contributed by atoms with van der Waals surface area (Å²) in [4.78, 5) is 32.8. The predicted octanol–water partition coefficient (Wildman–Crippen LogP) is 6.39. The summed E-state index contributed by atoms with van der Waals surface area (Å²) >= 11 is 6.04. The highest BCUT2D eigenvalue weighted by atomic mass is 35.5. The molecule has 39 heavy (non-hydrogen) atoms. The van der Waals surface area contributed by atoms with E-state index in [1.165, 1.54) is 6.07 Å². The van der Waals surface area contributed by atoms with Crippen LogP contribution >= 0.6 is 11.6 Å². The average molecular weight is 544 g/mol. The highest BCUT2D eigenvalue weighted by Gasteiger charge is 2.25. The van der Waals surface area contributed by atoms with E-state index in [1.54, 1.807) is 24.5 Å². The number of benzene rings is 3. The molecular formula is C30H26ClN3O5. The molecule has 0 saturated heterocycles. The van der Waals surface area contributed by atoms with Crippen LogP contribution in [0.25, 0.3) is 11.4 Å². The third-order valence-corrected chi connectivity index (χ3v) is 6.40. The standard InChI is InChI=1S/C30H26ClN3O5/c31-23-5-1-3-20(11-23)17-38-24-6-2-4-22(13-24)29-32-15-21(16-33-29)18-39-25-9-10-27(26(14-25)30(36)37)34-28(35)12-19-7-8-19/h1-6,9-11,13-16,19H,7-8,12,17-18H2,(H,34,35)(H,36,37). The van der Waals surface area contributed by atoms with Crippen molar-refractivity contribution in [1.82, 2.24) is 9.97 Å². The maximum Gasteiger partial charge on any atom is 0.337 e. The van der Waals surface area contributed by atoms with Crippen LogP contribution in [0.5, 0.6) is 11.5 Å². The molecule has 3 aromatic carbocycles. The summed E-state index contributed by atoms with van der Waals surface area (Å²) in [5.41, 5.74) is 2.71. The maximum atomic E-state index is 12.1. The molecule has 0 bridgehead atoms. The van der Waals surface area contributed by atoms with Gasteiger partial charge in [-0.1, -0.05) is 35.9 Å². The number of hydrogen-bond acceptors (Lipinski definition) is 6. The van der Waals surface area contributed by atoms with Crippen LogP contribution in [0.2, 0.25) is 5.02 Å². The quantitative estimate of drug-likeness (QED) is 0.225. The zero-order chi connectivity index (χ0) is 27.2. The van der Waals surface area contributed by atoms with E-state index >= 15 is 0 Å². The highest BCUT2D eigenvalue weighted by Crippen LogP contribution is 2.33. The Morgan fingerprint density at radius 1 is 0.897 bits per heavy atom. The van der Waals surface area contributed by atoms with E-state index in [-0.39, 0.29) is 23.8 Å². The number of halogens is 1. The predicted molar refractivity (Wildman–Crippen MR) is 147 cm³/mol. The molecular weight excluding hydrogens is 518 g/mol. The minimum Gasteiger partial charge on any atom is -0.489 e. The number of rotatable bonds is 11. The van der Waals surface area contributed by atoms with Crippen molar-refractivity contribution in [2.24, 2.45) is 5.92 Å². The first kappa shape index (κ1) is 26.2. The molecule has 9 heteroatoms. The van der Waals surface area contributed by atoms with Crippen molar-refractivity contribution in [2.45, 2.75) is 32.5 Å². The Morgan fingerprint density at radius 3 is 2.33 bits per heavy atom. The first-order chi connectivity index (χ1) is 18.9. The monoisotopic (exact) mass is 543 g/mol. The molecule has 0 atom stereocenters. The molecule has 4 aromatic rings. The molecule has 1 amide bonds. The van der Waals surface area contributed by atoms with Crippen molar-refractivity contribution < 1.29 is 24.2 Å². The lowest BCUT2D eigenvalue weighted by Gasteiger charge is -2.12. The number of amides is 1. The Kier molecular flexibility index (Phi) is 8.03. The molecule has 5 rings (SSSR count). The molecule has 2 N–H and O–H groups in total. The van der Waals surface area contributed by atoms with Crippen molar-refractivity contribution in [3.63, 3.8) is 0 Å². The van der Waals surface area contributed by atoms with Gasteiger partial charge in [0.05, 0.1) is 11.3 Å². The lowest BCUT2D eigenvalue weighted by molar-refractivity contribution is -0.116. The summed E-state index contributed by atoms with van der Waals surface area (Å²) in [7, 11) is 0. The van der Waals surface area contributed by atoms with E-state index in [9.17, 15) is 14.7 Å². The number of carboxylic acids is 1. The number of aromatic nitrogens is 2. The van der Waals surface area contributed by atoms with Gasteiger partial charge < -0.3 is 19.9 Å². The van der Waals surface area contributed by atoms with Gasteiger partial charge in [0, 0.05) is 35.0 Å². The van der Waals surface area contributed by atoms with Crippen LogP contribution in [0.3, 0.4) is 0 Å². The van der Waals surface area contributed by atoms with Crippen molar-refractivity contribution in [3.05, 3.63) is 101 Å². The number of carbonyl (C=O) groups excluding carboxylic acids is 1. The van der Waals surface area contributed by atoms with Crippen LogP contribution < -0.4 is 14.8 Å². The fourth-order valence-corrected chi connectivity index (χ4v) is 4.16. The number of carboxylic acid groups (broad SMARTS) is 1. The maximum absolute atomic E-state index is 12.1. The van der Waals surface area contributed by atoms with E-state index in [0.717, 1.165) is 24.0 Å². The second-order valence-corrected chi connectivity index (χ2v) is 9.79. The molecule has 1 fully saturated rings. The van der Waals surface area contributed by atoms with Gasteiger partial charge >= 0.3 is 5.97 Å². The Morgan fingerprint density at radius 2 is 1.62 bits per heavy atom. The zero-order valence-electron chi connectivity index (χ0n) is 21.0. The van der Waals surface area contributed by atoms with Crippen LogP contribution in [-0.4, -0.2) is 27.0 Å². The third-order valence-electron chi connectivity index (χ3n) is 6.16. The molecule has 8 nitrogen and oxygen atoms in total. The zero-order valence-corrected chi connectivity index (χ0v) is 21.7. The smallest absolute Gasteiger partial charge is 0.337 e. The lowest BCUT2D eigenvalue weighted by Crippen LogP contribution is -2.15. The van der Waals surface area contributed by atoms with Gasteiger partial charge in [-0.25, -0.2) is 14.8 Å². The topological polar surface area (TPSA) is 111 Å². The first-order valence-corrected chi connectivity index (χ1v) is 12.9. The molecule has 0 unspecified atom stereocenters. The second-order valence-electron chi connectivity index (χ2n) is 9.36. The van der Waals surface area contributed by atoms with Crippen LogP contribution in [0.15, 0.2) is 79.1 Å². The van der Waals surface area contributed by atoms with E-state index in [4.69, 9.17) is 21.1 Å². The van der Waals surface area contributed by atoms with Gasteiger partial charge in [0.1, 0.15) is 24.7 Å². The minimum absolute atomic E-state index is 0.0271. The number of nitrogens with one attached hydrogen (secondary N) is 1. The highest BCUT2D eigenvalue weighted by molar-refractivity contribution is 6.30. The van der Waals surface area contributed by atoms with E-state index < -0.39 is 5.97 Å². The second kappa shape index (κ2) is 12.0. The summed E-state index contributed by atoms with van der Waals surface area (Å²) in [6.07, 6.45) is 5.82. The normalized spacial score (nSPS) is 12.5. The fraction of sp³-hybridized carbons (Fsp3) is 0.200. The van der Waals surface area contributed by atoms with Crippen molar-refractivity contribution in [2.75, 3.05) is 5.32 Å². The van der Waals surface area contributed by atoms with Crippen LogP contribution in [0.4, 0.5) is 5.69 Å². The third kappa shape index (κ3) is 7.33. The van der Waals surface area contributed by atoms with Crippen molar-refractivity contribution >= 4 is 29.2 Å². The van der Waals surface area contributed by atoms with E-state index in [0.29, 0.717) is 46.9 Å². The number of nitrogens with zero attached hydrogens (tertiary/aromatic N) is 2.